The Bertz CT molecular complexity index is 1150. The van der Waals surface area contributed by atoms with Crippen LogP contribution in [0.15, 0.2) is 60.9 Å². The van der Waals surface area contributed by atoms with E-state index < -0.39 is 6.09 Å². The molecule has 3 saturated heterocycles. The fraction of sp³-hybridized carbons (Fsp3) is 0.448. The Kier molecular flexibility index (Phi) is 7.56. The van der Waals surface area contributed by atoms with Gasteiger partial charge in [0.25, 0.3) is 0 Å². The van der Waals surface area contributed by atoms with Gasteiger partial charge in [0, 0.05) is 59.5 Å². The summed E-state index contributed by atoms with van der Waals surface area (Å²) in [5.41, 5.74) is 4.05. The van der Waals surface area contributed by atoms with E-state index in [4.69, 9.17) is 14.7 Å². The van der Waals surface area contributed by atoms with Crippen LogP contribution in [-0.4, -0.2) is 51.7 Å². The topological polar surface area (TPSA) is 80.2 Å². The number of ether oxygens (including phenoxy) is 1. The fourth-order valence-electron chi connectivity index (χ4n) is 5.72. The Balaban J connectivity index is 1.30. The molecule has 7 heteroatoms. The number of amides is 1. The van der Waals surface area contributed by atoms with Gasteiger partial charge in [0.05, 0.1) is 0 Å². The maximum Gasteiger partial charge on any atom is 0.411 e. The molecule has 7 nitrogen and oxygen atoms in total. The molecule has 3 aliphatic heterocycles. The summed E-state index contributed by atoms with van der Waals surface area (Å²) in [4.78, 5) is 29.0. The summed E-state index contributed by atoms with van der Waals surface area (Å²) in [6.45, 7) is 6.85. The highest BCUT2D eigenvalue weighted by Crippen LogP contribution is 2.42. The summed E-state index contributed by atoms with van der Waals surface area (Å²) in [6.07, 6.45) is 7.49. The molecule has 2 bridgehead atoms. The molecule has 0 radical (unpaired) electrons. The summed E-state index contributed by atoms with van der Waals surface area (Å²) < 4.78 is 5.61. The minimum atomic E-state index is -0.395. The molecule has 0 aliphatic carbocycles. The minimum absolute atomic E-state index is 0.251. The average Bonchev–Trinajstić information content (AvgIpc) is 2.94. The third-order valence-corrected chi connectivity index (χ3v) is 7.79. The molecule has 3 aliphatic rings. The number of carbonyl (C=O) groups excluding carboxylic acids is 1. The molecule has 1 amide bonds. The van der Waals surface area contributed by atoms with Crippen molar-refractivity contribution in [2.45, 2.75) is 57.4 Å². The van der Waals surface area contributed by atoms with E-state index in [0.29, 0.717) is 24.4 Å². The van der Waals surface area contributed by atoms with E-state index in [-0.39, 0.29) is 6.04 Å². The van der Waals surface area contributed by atoms with Gasteiger partial charge >= 0.3 is 6.09 Å². The van der Waals surface area contributed by atoms with Gasteiger partial charge in [-0.25, -0.2) is 14.8 Å². The van der Waals surface area contributed by atoms with Crippen LogP contribution in [0.3, 0.4) is 0 Å². The standard InChI is InChI=1S/C29H35N5O2/c1-3-20(4-2)26-17-27(33-28(32-26)21-10-13-30-14-11-21)25-18-34-15-12-22(25)16-24(34)19-36-29(35)31-23-8-6-5-7-9-23/h5-11,13-14,17,20,22,24-25H,3-4,12,15-16,18-19H2,1-2H3,(H,31,35)/t22-,24+,25+/m0/s1. The molecule has 1 N–H and O–H groups in total. The molecule has 0 spiro atoms. The van der Waals surface area contributed by atoms with Gasteiger partial charge < -0.3 is 4.74 Å². The maximum absolute atomic E-state index is 12.3. The number of hydrogen-bond acceptors (Lipinski definition) is 6. The summed E-state index contributed by atoms with van der Waals surface area (Å²) in [5.74, 6) is 2.11. The van der Waals surface area contributed by atoms with Crippen molar-refractivity contribution in [1.29, 1.82) is 0 Å². The molecule has 6 rings (SSSR count). The van der Waals surface area contributed by atoms with E-state index in [2.05, 4.69) is 35.1 Å². The summed E-state index contributed by atoms with van der Waals surface area (Å²) in [7, 11) is 0. The maximum atomic E-state index is 12.3. The van der Waals surface area contributed by atoms with Crippen LogP contribution in [0.2, 0.25) is 0 Å². The van der Waals surface area contributed by atoms with Crippen LogP contribution in [-0.2, 0) is 4.74 Å². The third-order valence-electron chi connectivity index (χ3n) is 7.79. The lowest BCUT2D eigenvalue weighted by molar-refractivity contribution is -0.00149. The largest absolute Gasteiger partial charge is 0.448 e. The second-order valence-corrected chi connectivity index (χ2v) is 9.92. The Morgan fingerprint density at radius 3 is 2.58 bits per heavy atom. The molecule has 188 valence electrons. The lowest BCUT2D eigenvalue weighted by Gasteiger charge is -2.49. The zero-order valence-corrected chi connectivity index (χ0v) is 21.1. The molecule has 4 atom stereocenters. The van der Waals surface area contributed by atoms with Crippen molar-refractivity contribution in [1.82, 2.24) is 19.9 Å². The van der Waals surface area contributed by atoms with Gasteiger partial charge in [-0.05, 0) is 68.5 Å². The highest BCUT2D eigenvalue weighted by molar-refractivity contribution is 5.84. The lowest BCUT2D eigenvalue weighted by Crippen LogP contribution is -2.54. The molecule has 1 unspecified atom stereocenters. The Morgan fingerprint density at radius 2 is 1.89 bits per heavy atom. The molecular formula is C29H35N5O2. The Hall–Kier alpha value is -3.32. The average molecular weight is 486 g/mol. The first-order chi connectivity index (χ1) is 17.6. The first-order valence-electron chi connectivity index (χ1n) is 13.2. The molecule has 0 saturated carbocycles. The summed E-state index contributed by atoms with van der Waals surface area (Å²) in [5, 5.41) is 2.81. The number of anilines is 1. The number of carbonyl (C=O) groups is 1. The first kappa shape index (κ1) is 24.4. The molecule has 3 aromatic rings. The SMILES string of the molecule is CCC(CC)c1cc([C@@H]2CN3CC[C@H]2C[C@@H]3COC(=O)Nc2ccccc2)nc(-c2ccncc2)n1. The van der Waals surface area contributed by atoms with Gasteiger partial charge in [0.2, 0.25) is 0 Å². The zero-order chi connectivity index (χ0) is 24.9. The van der Waals surface area contributed by atoms with Crippen LogP contribution in [0.1, 0.15) is 62.8 Å². The molecule has 36 heavy (non-hydrogen) atoms. The van der Waals surface area contributed by atoms with Gasteiger partial charge in [-0.2, -0.15) is 0 Å². The second kappa shape index (κ2) is 11.2. The minimum Gasteiger partial charge on any atom is -0.448 e. The summed E-state index contributed by atoms with van der Waals surface area (Å²) >= 11 is 0. The molecular weight excluding hydrogens is 450 g/mol. The first-order valence-corrected chi connectivity index (χ1v) is 13.2. The predicted octanol–water partition coefficient (Wildman–Crippen LogP) is 5.87. The predicted molar refractivity (Wildman–Crippen MR) is 141 cm³/mol. The van der Waals surface area contributed by atoms with Crippen molar-refractivity contribution >= 4 is 11.8 Å². The van der Waals surface area contributed by atoms with Crippen molar-refractivity contribution < 1.29 is 9.53 Å². The third kappa shape index (κ3) is 5.41. The molecule has 2 aromatic heterocycles. The summed E-state index contributed by atoms with van der Waals surface area (Å²) in [6, 6.07) is 15.9. The van der Waals surface area contributed by atoms with Crippen LogP contribution in [0.25, 0.3) is 11.4 Å². The van der Waals surface area contributed by atoms with E-state index in [1.54, 1.807) is 12.4 Å². The lowest BCUT2D eigenvalue weighted by atomic mass is 9.74. The second-order valence-electron chi connectivity index (χ2n) is 9.92. The zero-order valence-electron chi connectivity index (χ0n) is 21.1. The van der Waals surface area contributed by atoms with Gasteiger partial charge in [0.1, 0.15) is 6.61 Å². The number of piperidine rings is 3. The number of benzene rings is 1. The van der Waals surface area contributed by atoms with E-state index in [0.717, 1.165) is 67.2 Å². The van der Waals surface area contributed by atoms with Gasteiger partial charge in [-0.15, -0.1) is 0 Å². The van der Waals surface area contributed by atoms with E-state index in [1.165, 1.54) is 0 Å². The smallest absolute Gasteiger partial charge is 0.411 e. The highest BCUT2D eigenvalue weighted by Gasteiger charge is 2.42. The van der Waals surface area contributed by atoms with Crippen molar-refractivity contribution in [3.63, 3.8) is 0 Å². The number of aromatic nitrogens is 3. The monoisotopic (exact) mass is 485 g/mol. The van der Waals surface area contributed by atoms with Crippen LogP contribution in [0.5, 0.6) is 0 Å². The quantitative estimate of drug-likeness (QED) is 0.430. The molecule has 5 heterocycles. The van der Waals surface area contributed by atoms with Crippen LogP contribution in [0.4, 0.5) is 10.5 Å². The van der Waals surface area contributed by atoms with Gasteiger partial charge in [-0.1, -0.05) is 32.0 Å². The van der Waals surface area contributed by atoms with E-state index >= 15 is 0 Å². The van der Waals surface area contributed by atoms with Crippen LogP contribution < -0.4 is 5.32 Å². The number of fused-ring (bicyclic) bond motifs is 3. The Labute approximate surface area is 213 Å². The number of nitrogens with one attached hydrogen (secondary N) is 1. The van der Waals surface area contributed by atoms with E-state index in [9.17, 15) is 4.79 Å². The van der Waals surface area contributed by atoms with Crippen LogP contribution >= 0.6 is 0 Å². The van der Waals surface area contributed by atoms with Crippen molar-refractivity contribution in [2.24, 2.45) is 5.92 Å². The number of rotatable bonds is 8. The van der Waals surface area contributed by atoms with Crippen molar-refractivity contribution in [3.8, 4) is 11.4 Å². The molecule has 1 aromatic carbocycles. The highest BCUT2D eigenvalue weighted by atomic mass is 16.5. The van der Waals surface area contributed by atoms with Crippen LogP contribution in [0, 0.1) is 5.92 Å². The number of nitrogens with zero attached hydrogens (tertiary/aromatic N) is 4. The number of pyridine rings is 1. The fourth-order valence-corrected chi connectivity index (χ4v) is 5.72. The Morgan fingerprint density at radius 1 is 1.11 bits per heavy atom. The van der Waals surface area contributed by atoms with Gasteiger partial charge in [0.15, 0.2) is 5.82 Å². The normalized spacial score (nSPS) is 23.0. The van der Waals surface area contributed by atoms with Crippen molar-refractivity contribution in [2.75, 3.05) is 25.0 Å². The van der Waals surface area contributed by atoms with E-state index in [1.807, 2.05) is 42.5 Å². The molecule has 3 fully saturated rings. The van der Waals surface area contributed by atoms with Gasteiger partial charge in [-0.3, -0.25) is 15.2 Å². The number of para-hydroxylation sites is 1. The van der Waals surface area contributed by atoms with Crippen molar-refractivity contribution in [3.05, 3.63) is 72.3 Å². The number of hydrogen-bond donors (Lipinski definition) is 1.